The van der Waals surface area contributed by atoms with Gasteiger partial charge in [-0.25, -0.2) is 4.39 Å². The van der Waals surface area contributed by atoms with Gasteiger partial charge in [-0.2, -0.15) is 0 Å². The number of benzene rings is 2. The summed E-state index contributed by atoms with van der Waals surface area (Å²) in [7, 11) is 3.01. The lowest BCUT2D eigenvalue weighted by Crippen LogP contribution is -2.54. The molecule has 8 heteroatoms. The first-order valence-corrected chi connectivity index (χ1v) is 8.66. The third kappa shape index (κ3) is 4.40. The van der Waals surface area contributed by atoms with Gasteiger partial charge in [0.05, 0.1) is 26.5 Å². The van der Waals surface area contributed by atoms with Crippen molar-refractivity contribution >= 4 is 17.5 Å². The minimum atomic E-state index is -0.831. The maximum Gasteiger partial charge on any atom is 0.249 e. The van der Waals surface area contributed by atoms with Crippen LogP contribution < -0.4 is 14.8 Å². The summed E-state index contributed by atoms with van der Waals surface area (Å²) in [4.78, 5) is 26.7. The monoisotopic (exact) mass is 388 g/mol. The summed E-state index contributed by atoms with van der Waals surface area (Å²) in [6, 6.07) is 9.98. The van der Waals surface area contributed by atoms with E-state index in [0.717, 1.165) is 0 Å². The highest BCUT2D eigenvalue weighted by Gasteiger charge is 2.34. The van der Waals surface area contributed by atoms with Crippen LogP contribution in [0.4, 0.5) is 10.1 Å². The molecule has 0 spiro atoms. The molecule has 3 rings (SSSR count). The van der Waals surface area contributed by atoms with Gasteiger partial charge in [-0.05, 0) is 29.8 Å². The van der Waals surface area contributed by atoms with Crippen molar-refractivity contribution in [2.45, 2.75) is 12.6 Å². The number of nitrogens with zero attached hydrogens (tertiary/aromatic N) is 1. The Morgan fingerprint density at radius 2 is 1.96 bits per heavy atom. The van der Waals surface area contributed by atoms with Gasteiger partial charge in [0.1, 0.15) is 30.0 Å². The maximum absolute atomic E-state index is 13.1. The zero-order valence-corrected chi connectivity index (χ0v) is 15.6. The predicted octanol–water partition coefficient (Wildman–Crippen LogP) is 2.21. The highest BCUT2D eigenvalue weighted by atomic mass is 19.1. The molecule has 28 heavy (non-hydrogen) atoms. The summed E-state index contributed by atoms with van der Waals surface area (Å²) >= 11 is 0. The van der Waals surface area contributed by atoms with Crippen LogP contribution in [0.25, 0.3) is 0 Å². The summed E-state index contributed by atoms with van der Waals surface area (Å²) < 4.78 is 28.9. The van der Waals surface area contributed by atoms with E-state index in [1.54, 1.807) is 30.3 Å². The highest BCUT2D eigenvalue weighted by Crippen LogP contribution is 2.29. The topological polar surface area (TPSA) is 77.1 Å². The summed E-state index contributed by atoms with van der Waals surface area (Å²) in [5.74, 6) is -0.0796. The maximum atomic E-state index is 13.1. The van der Waals surface area contributed by atoms with Crippen LogP contribution in [0.1, 0.15) is 5.56 Å². The fraction of sp³-hybridized carbons (Fsp3) is 0.300. The molecule has 1 fully saturated rings. The number of methoxy groups -OCH3 is 2. The number of amides is 2. The summed E-state index contributed by atoms with van der Waals surface area (Å²) in [6.45, 7) is 0.133. The minimum Gasteiger partial charge on any atom is -0.497 e. The molecule has 0 radical (unpaired) electrons. The van der Waals surface area contributed by atoms with Crippen LogP contribution in [0.15, 0.2) is 42.5 Å². The quantitative estimate of drug-likeness (QED) is 0.821. The molecular weight excluding hydrogens is 367 g/mol. The van der Waals surface area contributed by atoms with Crippen molar-refractivity contribution in [3.63, 3.8) is 0 Å². The van der Waals surface area contributed by atoms with Crippen molar-refractivity contribution in [1.29, 1.82) is 0 Å². The van der Waals surface area contributed by atoms with Crippen LogP contribution in [0.2, 0.25) is 0 Å². The number of morpholine rings is 1. The Morgan fingerprint density at radius 3 is 2.64 bits per heavy atom. The third-order valence-electron chi connectivity index (χ3n) is 4.43. The standard InChI is InChI=1S/C20H21FN2O5/c1-26-15-7-8-18(27-2)16(9-15)22-20(25)17-11-28-12-19(24)23(17)10-13-3-5-14(21)6-4-13/h3-9,17H,10-12H2,1-2H3,(H,22,25)/t17-/m0/s1. The van der Waals surface area contributed by atoms with E-state index in [0.29, 0.717) is 22.7 Å². The van der Waals surface area contributed by atoms with Gasteiger partial charge in [0.25, 0.3) is 0 Å². The Hall–Kier alpha value is -3.13. The van der Waals surface area contributed by atoms with E-state index in [1.165, 1.54) is 31.3 Å². The molecule has 0 aliphatic carbocycles. The van der Waals surface area contributed by atoms with Gasteiger partial charge in [-0.3, -0.25) is 9.59 Å². The van der Waals surface area contributed by atoms with Gasteiger partial charge in [0, 0.05) is 12.6 Å². The Labute approximate surface area is 162 Å². The molecule has 1 heterocycles. The highest BCUT2D eigenvalue weighted by molar-refractivity contribution is 5.99. The molecule has 148 valence electrons. The van der Waals surface area contributed by atoms with Crippen LogP contribution in [0.3, 0.4) is 0 Å². The lowest BCUT2D eigenvalue weighted by atomic mass is 10.1. The lowest BCUT2D eigenvalue weighted by molar-refractivity contribution is -0.154. The smallest absolute Gasteiger partial charge is 0.249 e. The summed E-state index contributed by atoms with van der Waals surface area (Å²) in [5.41, 5.74) is 1.14. The number of halogens is 1. The van der Waals surface area contributed by atoms with E-state index in [4.69, 9.17) is 14.2 Å². The van der Waals surface area contributed by atoms with Gasteiger partial charge < -0.3 is 24.4 Å². The Morgan fingerprint density at radius 1 is 1.21 bits per heavy atom. The van der Waals surface area contributed by atoms with Crippen molar-refractivity contribution in [2.75, 3.05) is 32.8 Å². The Bertz CT molecular complexity index is 856. The van der Waals surface area contributed by atoms with Gasteiger partial charge in [-0.15, -0.1) is 0 Å². The summed E-state index contributed by atoms with van der Waals surface area (Å²) in [6.07, 6.45) is 0. The van der Waals surface area contributed by atoms with Crippen LogP contribution in [-0.2, 0) is 20.9 Å². The number of ether oxygens (including phenoxy) is 3. The second-order valence-electron chi connectivity index (χ2n) is 6.23. The predicted molar refractivity (Wildman–Crippen MR) is 99.7 cm³/mol. The fourth-order valence-electron chi connectivity index (χ4n) is 2.93. The fourth-order valence-corrected chi connectivity index (χ4v) is 2.93. The Kier molecular flexibility index (Phi) is 6.10. The van der Waals surface area contributed by atoms with E-state index in [2.05, 4.69) is 5.32 Å². The van der Waals surface area contributed by atoms with Crippen LogP contribution in [-0.4, -0.2) is 50.2 Å². The normalized spacial score (nSPS) is 16.6. The molecule has 7 nitrogen and oxygen atoms in total. The van der Waals surface area contributed by atoms with Crippen molar-refractivity contribution in [2.24, 2.45) is 0 Å². The zero-order valence-electron chi connectivity index (χ0n) is 15.6. The third-order valence-corrected chi connectivity index (χ3v) is 4.43. The molecule has 0 unspecified atom stereocenters. The number of rotatable bonds is 6. The first-order valence-electron chi connectivity index (χ1n) is 8.66. The second kappa shape index (κ2) is 8.71. The van der Waals surface area contributed by atoms with Gasteiger partial charge in [-0.1, -0.05) is 12.1 Å². The molecule has 1 N–H and O–H groups in total. The lowest BCUT2D eigenvalue weighted by Gasteiger charge is -2.34. The molecule has 1 aliphatic heterocycles. The molecule has 2 aromatic rings. The molecule has 1 atom stereocenters. The summed E-state index contributed by atoms with van der Waals surface area (Å²) in [5, 5.41) is 2.77. The number of nitrogens with one attached hydrogen (secondary N) is 1. The average molecular weight is 388 g/mol. The van der Waals surface area contributed by atoms with E-state index < -0.39 is 11.9 Å². The van der Waals surface area contributed by atoms with Crippen molar-refractivity contribution in [3.05, 3.63) is 53.8 Å². The molecule has 1 saturated heterocycles. The number of hydrogen-bond acceptors (Lipinski definition) is 5. The largest absolute Gasteiger partial charge is 0.497 e. The number of carbonyl (C=O) groups is 2. The number of carbonyl (C=O) groups excluding carboxylic acids is 2. The van der Waals surface area contributed by atoms with E-state index in [9.17, 15) is 14.0 Å². The van der Waals surface area contributed by atoms with Crippen LogP contribution in [0, 0.1) is 5.82 Å². The van der Waals surface area contributed by atoms with Crippen molar-refractivity contribution in [1.82, 2.24) is 4.90 Å². The van der Waals surface area contributed by atoms with Crippen LogP contribution in [0.5, 0.6) is 11.5 Å². The molecule has 2 aromatic carbocycles. The molecule has 0 bridgehead atoms. The zero-order chi connectivity index (χ0) is 20.1. The SMILES string of the molecule is COc1ccc(OC)c(NC(=O)[C@@H]2COCC(=O)N2Cc2ccc(F)cc2)c1. The van der Waals surface area contributed by atoms with Crippen LogP contribution >= 0.6 is 0 Å². The van der Waals surface area contributed by atoms with Crippen molar-refractivity contribution < 1.29 is 28.2 Å². The molecule has 0 saturated carbocycles. The average Bonchev–Trinajstić information content (AvgIpc) is 2.70. The van der Waals surface area contributed by atoms with Gasteiger partial charge in [0.15, 0.2) is 0 Å². The Balaban J connectivity index is 1.80. The molecular formula is C20H21FN2O5. The van der Waals surface area contributed by atoms with Gasteiger partial charge >= 0.3 is 0 Å². The molecule has 2 amide bonds. The first kappa shape index (κ1) is 19.6. The van der Waals surface area contributed by atoms with Gasteiger partial charge in [0.2, 0.25) is 11.8 Å². The molecule has 0 aromatic heterocycles. The number of hydrogen-bond donors (Lipinski definition) is 1. The first-order chi connectivity index (χ1) is 13.5. The van der Waals surface area contributed by atoms with E-state index in [1.807, 2.05) is 0 Å². The second-order valence-corrected chi connectivity index (χ2v) is 6.23. The minimum absolute atomic E-state index is 0.0606. The van der Waals surface area contributed by atoms with Crippen molar-refractivity contribution in [3.8, 4) is 11.5 Å². The van der Waals surface area contributed by atoms with E-state index >= 15 is 0 Å². The molecule has 1 aliphatic rings. The van der Waals surface area contributed by atoms with E-state index in [-0.39, 0.29) is 31.5 Å². The number of anilines is 1.